The highest BCUT2D eigenvalue weighted by atomic mass is 79.9. The Balaban J connectivity index is 1.82. The molecule has 6 nitrogen and oxygen atoms in total. The molecule has 0 spiro atoms. The predicted molar refractivity (Wildman–Crippen MR) is 94.6 cm³/mol. The number of carbonyl (C=O) groups excluding carboxylic acids is 2. The maximum atomic E-state index is 11.7. The zero-order valence-electron chi connectivity index (χ0n) is 12.9. The molecule has 0 radical (unpaired) electrons. The monoisotopic (exact) mass is 389 g/mol. The lowest BCUT2D eigenvalue weighted by molar-refractivity contribution is -0.139. The lowest BCUT2D eigenvalue weighted by atomic mass is 10.1. The summed E-state index contributed by atoms with van der Waals surface area (Å²) in [5, 5.41) is 15.6. The van der Waals surface area contributed by atoms with Crippen molar-refractivity contribution in [1.82, 2.24) is 10.7 Å². The van der Waals surface area contributed by atoms with Gasteiger partial charge in [-0.2, -0.15) is 5.10 Å². The van der Waals surface area contributed by atoms with Gasteiger partial charge in [-0.3, -0.25) is 9.59 Å². The fraction of sp³-hybridized carbons (Fsp3) is 0.118. The van der Waals surface area contributed by atoms with Crippen LogP contribution >= 0.6 is 15.9 Å². The third kappa shape index (κ3) is 5.20. The van der Waals surface area contributed by atoms with E-state index in [9.17, 15) is 14.7 Å². The van der Waals surface area contributed by atoms with Crippen molar-refractivity contribution in [2.75, 3.05) is 0 Å². The van der Waals surface area contributed by atoms with Gasteiger partial charge >= 0.3 is 11.8 Å². The van der Waals surface area contributed by atoms with E-state index in [2.05, 4.69) is 31.8 Å². The van der Waals surface area contributed by atoms with Crippen LogP contribution in [-0.4, -0.2) is 23.1 Å². The van der Waals surface area contributed by atoms with E-state index in [-0.39, 0.29) is 12.3 Å². The third-order valence-electron chi connectivity index (χ3n) is 3.13. The number of hydrogen-bond donors (Lipinski definition) is 3. The van der Waals surface area contributed by atoms with Gasteiger partial charge in [0.05, 0.1) is 10.7 Å². The van der Waals surface area contributed by atoms with Gasteiger partial charge in [0.2, 0.25) is 0 Å². The van der Waals surface area contributed by atoms with Gasteiger partial charge in [0.15, 0.2) is 0 Å². The number of phenolic OH excluding ortho intramolecular Hbond substituents is 1. The maximum Gasteiger partial charge on any atom is 0.329 e. The summed E-state index contributed by atoms with van der Waals surface area (Å²) in [5.41, 5.74) is 4.83. The van der Waals surface area contributed by atoms with Crippen molar-refractivity contribution in [2.24, 2.45) is 5.10 Å². The largest absolute Gasteiger partial charge is 0.507 e. The molecule has 124 valence electrons. The first-order valence-electron chi connectivity index (χ1n) is 7.11. The highest BCUT2D eigenvalue weighted by Gasteiger charge is 2.11. The number of carbonyl (C=O) groups is 2. The van der Waals surface area contributed by atoms with E-state index in [1.807, 2.05) is 31.2 Å². The second kappa shape index (κ2) is 8.26. The lowest BCUT2D eigenvalue weighted by Crippen LogP contribution is -2.37. The van der Waals surface area contributed by atoms with Crippen LogP contribution in [0.4, 0.5) is 0 Å². The van der Waals surface area contributed by atoms with Crippen LogP contribution in [0.1, 0.15) is 16.7 Å². The Bertz CT molecular complexity index is 773. The third-order valence-corrected chi connectivity index (χ3v) is 3.77. The minimum atomic E-state index is -0.851. The summed E-state index contributed by atoms with van der Waals surface area (Å²) in [6, 6.07) is 12.4. The number of benzene rings is 2. The molecular weight excluding hydrogens is 374 g/mol. The van der Waals surface area contributed by atoms with Crippen molar-refractivity contribution < 1.29 is 14.7 Å². The van der Waals surface area contributed by atoms with Crippen molar-refractivity contribution in [2.45, 2.75) is 13.5 Å². The summed E-state index contributed by atoms with van der Waals surface area (Å²) < 4.78 is 0.508. The van der Waals surface area contributed by atoms with E-state index >= 15 is 0 Å². The summed E-state index contributed by atoms with van der Waals surface area (Å²) in [6.07, 6.45) is 1.37. The number of aryl methyl sites for hydroxylation is 1. The number of aromatic hydroxyl groups is 1. The van der Waals surface area contributed by atoms with Crippen molar-refractivity contribution in [3.63, 3.8) is 0 Å². The molecule has 3 N–H and O–H groups in total. The molecule has 0 saturated heterocycles. The van der Waals surface area contributed by atoms with Crippen LogP contribution in [0.2, 0.25) is 0 Å². The fourth-order valence-corrected chi connectivity index (χ4v) is 2.18. The maximum absolute atomic E-state index is 11.7. The Morgan fingerprint density at radius 1 is 1.17 bits per heavy atom. The number of hydrazone groups is 1. The van der Waals surface area contributed by atoms with Gasteiger partial charge in [0.1, 0.15) is 5.75 Å². The SMILES string of the molecule is Cc1ccc(CNC(=O)C(=O)N/N=C/c2ccc(O)c(Br)c2)cc1. The molecule has 0 aliphatic carbocycles. The molecule has 24 heavy (non-hydrogen) atoms. The summed E-state index contributed by atoms with van der Waals surface area (Å²) in [5.74, 6) is -1.51. The van der Waals surface area contributed by atoms with Gasteiger partial charge < -0.3 is 10.4 Å². The highest BCUT2D eigenvalue weighted by Crippen LogP contribution is 2.23. The van der Waals surface area contributed by atoms with E-state index in [0.717, 1.165) is 11.1 Å². The molecule has 0 aromatic heterocycles. The minimum absolute atomic E-state index is 0.103. The van der Waals surface area contributed by atoms with Crippen LogP contribution in [0, 0.1) is 6.92 Å². The molecule has 0 aliphatic rings. The fourth-order valence-electron chi connectivity index (χ4n) is 1.79. The Morgan fingerprint density at radius 2 is 1.88 bits per heavy atom. The van der Waals surface area contributed by atoms with Crippen LogP contribution < -0.4 is 10.7 Å². The second-order valence-corrected chi connectivity index (χ2v) is 5.93. The minimum Gasteiger partial charge on any atom is -0.507 e. The van der Waals surface area contributed by atoms with Crippen LogP contribution in [0.15, 0.2) is 52.0 Å². The predicted octanol–water partition coefficient (Wildman–Crippen LogP) is 2.23. The van der Waals surface area contributed by atoms with Gasteiger partial charge in [0.25, 0.3) is 0 Å². The molecule has 0 fully saturated rings. The van der Waals surface area contributed by atoms with Gasteiger partial charge in [0, 0.05) is 6.54 Å². The molecule has 0 unspecified atom stereocenters. The number of amides is 2. The summed E-state index contributed by atoms with van der Waals surface area (Å²) in [7, 11) is 0. The Labute approximate surface area is 147 Å². The van der Waals surface area contributed by atoms with Crippen molar-refractivity contribution in [1.29, 1.82) is 0 Å². The summed E-state index contributed by atoms with van der Waals surface area (Å²) >= 11 is 3.17. The molecule has 2 rings (SSSR count). The van der Waals surface area contributed by atoms with E-state index in [1.54, 1.807) is 12.1 Å². The van der Waals surface area contributed by atoms with Crippen LogP contribution in [0.3, 0.4) is 0 Å². The van der Waals surface area contributed by atoms with Crippen molar-refractivity contribution in [3.8, 4) is 5.75 Å². The number of nitrogens with zero attached hydrogens (tertiary/aromatic N) is 1. The number of halogens is 1. The average Bonchev–Trinajstić information content (AvgIpc) is 2.57. The Hall–Kier alpha value is -2.67. The molecule has 2 amide bonds. The smallest absolute Gasteiger partial charge is 0.329 e. The first-order valence-corrected chi connectivity index (χ1v) is 7.90. The zero-order chi connectivity index (χ0) is 17.5. The number of nitrogens with one attached hydrogen (secondary N) is 2. The topological polar surface area (TPSA) is 90.8 Å². The summed E-state index contributed by atoms with van der Waals surface area (Å²) in [4.78, 5) is 23.3. The quantitative estimate of drug-likeness (QED) is 0.425. The van der Waals surface area contributed by atoms with E-state index in [0.29, 0.717) is 10.0 Å². The Morgan fingerprint density at radius 3 is 2.54 bits per heavy atom. The normalized spacial score (nSPS) is 10.6. The second-order valence-electron chi connectivity index (χ2n) is 5.08. The van der Waals surface area contributed by atoms with Gasteiger partial charge in [-0.25, -0.2) is 5.43 Å². The van der Waals surface area contributed by atoms with E-state index in [4.69, 9.17) is 0 Å². The first kappa shape index (κ1) is 17.7. The first-order chi connectivity index (χ1) is 11.5. The molecule has 2 aromatic carbocycles. The summed E-state index contributed by atoms with van der Waals surface area (Å²) in [6.45, 7) is 2.24. The van der Waals surface area contributed by atoms with E-state index < -0.39 is 11.8 Å². The van der Waals surface area contributed by atoms with Crippen molar-refractivity contribution >= 4 is 34.0 Å². The van der Waals surface area contributed by atoms with Gasteiger partial charge in [-0.1, -0.05) is 29.8 Å². The molecule has 0 bridgehead atoms. The highest BCUT2D eigenvalue weighted by molar-refractivity contribution is 9.10. The standard InChI is InChI=1S/C17H16BrN3O3/c1-11-2-4-12(5-3-11)9-19-16(23)17(24)21-20-10-13-6-7-15(22)14(18)8-13/h2-8,10,22H,9H2,1H3,(H,19,23)(H,21,24)/b20-10+. The van der Waals surface area contributed by atoms with Crippen LogP contribution in [0.25, 0.3) is 0 Å². The number of rotatable bonds is 4. The molecule has 7 heteroatoms. The van der Waals surface area contributed by atoms with Crippen LogP contribution in [0.5, 0.6) is 5.75 Å². The van der Waals surface area contributed by atoms with Gasteiger partial charge in [-0.05, 0) is 52.2 Å². The molecule has 0 heterocycles. The Kier molecular flexibility index (Phi) is 6.08. The molecule has 0 atom stereocenters. The molecular formula is C17H16BrN3O3. The lowest BCUT2D eigenvalue weighted by Gasteiger charge is -2.04. The average molecular weight is 390 g/mol. The molecule has 0 aliphatic heterocycles. The van der Waals surface area contributed by atoms with Crippen LogP contribution in [-0.2, 0) is 16.1 Å². The molecule has 2 aromatic rings. The zero-order valence-corrected chi connectivity index (χ0v) is 14.5. The number of hydrogen-bond acceptors (Lipinski definition) is 4. The number of phenols is 1. The molecule has 0 saturated carbocycles. The van der Waals surface area contributed by atoms with Gasteiger partial charge in [-0.15, -0.1) is 0 Å². The van der Waals surface area contributed by atoms with Crippen molar-refractivity contribution in [3.05, 3.63) is 63.6 Å². The van der Waals surface area contributed by atoms with E-state index in [1.165, 1.54) is 12.3 Å².